The lowest BCUT2D eigenvalue weighted by molar-refractivity contribution is 0.102. The summed E-state index contributed by atoms with van der Waals surface area (Å²) in [7, 11) is -3.36. The van der Waals surface area contributed by atoms with Crippen molar-refractivity contribution in [3.63, 3.8) is 0 Å². The summed E-state index contributed by atoms with van der Waals surface area (Å²) in [6.07, 6.45) is 0. The largest absolute Gasteiger partial charge is 0.436 e. The number of nitrogens with one attached hydrogen (secondary N) is 1. The van der Waals surface area contributed by atoms with Crippen LogP contribution >= 0.6 is 11.6 Å². The second kappa shape index (κ2) is 8.17. The van der Waals surface area contributed by atoms with Gasteiger partial charge in [-0.1, -0.05) is 36.7 Å². The first-order chi connectivity index (χ1) is 14.8. The molecule has 0 aliphatic carbocycles. The van der Waals surface area contributed by atoms with Gasteiger partial charge in [0.1, 0.15) is 5.52 Å². The van der Waals surface area contributed by atoms with Crippen LogP contribution < -0.4 is 5.32 Å². The third-order valence-corrected chi connectivity index (χ3v) is 7.00. The molecule has 1 aromatic heterocycles. The number of aryl methyl sites for hydroxylation is 1. The predicted molar refractivity (Wildman–Crippen MR) is 121 cm³/mol. The van der Waals surface area contributed by atoms with Crippen molar-refractivity contribution in [2.75, 3.05) is 11.1 Å². The third kappa shape index (κ3) is 4.19. The zero-order valence-corrected chi connectivity index (χ0v) is 18.4. The van der Waals surface area contributed by atoms with Gasteiger partial charge in [-0.05, 0) is 55.0 Å². The zero-order valence-electron chi connectivity index (χ0n) is 16.8. The number of halogens is 1. The summed E-state index contributed by atoms with van der Waals surface area (Å²) in [4.78, 5) is 17.2. The number of hydrogen-bond donors (Lipinski definition) is 1. The highest BCUT2D eigenvalue weighted by Gasteiger charge is 2.17. The van der Waals surface area contributed by atoms with Gasteiger partial charge in [-0.25, -0.2) is 13.4 Å². The van der Waals surface area contributed by atoms with E-state index >= 15 is 0 Å². The molecule has 0 unspecified atom stereocenters. The molecular formula is C23H19ClN2O4S. The number of rotatable bonds is 5. The van der Waals surface area contributed by atoms with E-state index in [0.29, 0.717) is 32.9 Å². The van der Waals surface area contributed by atoms with E-state index in [0.717, 1.165) is 5.56 Å². The van der Waals surface area contributed by atoms with Crippen LogP contribution in [0.4, 0.5) is 5.69 Å². The summed E-state index contributed by atoms with van der Waals surface area (Å²) >= 11 is 6.35. The number of fused-ring (bicyclic) bond motifs is 1. The summed E-state index contributed by atoms with van der Waals surface area (Å²) in [6, 6.07) is 16.9. The van der Waals surface area contributed by atoms with Gasteiger partial charge in [0.25, 0.3) is 5.91 Å². The van der Waals surface area contributed by atoms with Crippen LogP contribution in [0.5, 0.6) is 0 Å². The maximum Gasteiger partial charge on any atom is 0.255 e. The van der Waals surface area contributed by atoms with Crippen molar-refractivity contribution < 1.29 is 17.6 Å². The van der Waals surface area contributed by atoms with E-state index < -0.39 is 9.84 Å². The average molecular weight is 455 g/mol. The monoisotopic (exact) mass is 454 g/mol. The number of hydrogen-bond acceptors (Lipinski definition) is 5. The molecule has 0 radical (unpaired) electrons. The Balaban J connectivity index is 1.69. The second-order valence-electron chi connectivity index (χ2n) is 7.02. The third-order valence-electron chi connectivity index (χ3n) is 4.94. The van der Waals surface area contributed by atoms with Crippen LogP contribution in [-0.2, 0) is 9.84 Å². The van der Waals surface area contributed by atoms with E-state index in [1.165, 1.54) is 12.1 Å². The van der Waals surface area contributed by atoms with Crippen LogP contribution in [0.2, 0.25) is 5.02 Å². The number of anilines is 1. The molecule has 158 valence electrons. The van der Waals surface area contributed by atoms with Crippen LogP contribution in [0.1, 0.15) is 22.8 Å². The van der Waals surface area contributed by atoms with E-state index in [-0.39, 0.29) is 22.4 Å². The van der Waals surface area contributed by atoms with Gasteiger partial charge in [0.05, 0.1) is 21.2 Å². The summed E-state index contributed by atoms with van der Waals surface area (Å²) in [5, 5.41) is 3.25. The lowest BCUT2D eigenvalue weighted by Gasteiger charge is -2.09. The molecule has 31 heavy (non-hydrogen) atoms. The SMILES string of the molecule is CCS(=O)(=O)c1ccc2oc(-c3cc(NC(=O)c4ccccc4C)ccc3Cl)nc2c1. The Morgan fingerprint density at radius 3 is 2.61 bits per heavy atom. The lowest BCUT2D eigenvalue weighted by Crippen LogP contribution is -2.13. The van der Waals surface area contributed by atoms with Crippen molar-refractivity contribution in [2.45, 2.75) is 18.7 Å². The van der Waals surface area contributed by atoms with E-state index in [9.17, 15) is 13.2 Å². The number of aromatic nitrogens is 1. The van der Waals surface area contributed by atoms with Crippen molar-refractivity contribution in [1.82, 2.24) is 4.98 Å². The van der Waals surface area contributed by atoms with Gasteiger partial charge in [-0.15, -0.1) is 0 Å². The lowest BCUT2D eigenvalue weighted by atomic mass is 10.1. The Labute approximate surface area is 184 Å². The number of oxazole rings is 1. The van der Waals surface area contributed by atoms with Gasteiger partial charge >= 0.3 is 0 Å². The van der Waals surface area contributed by atoms with E-state index in [4.69, 9.17) is 16.0 Å². The number of carbonyl (C=O) groups excluding carboxylic acids is 1. The van der Waals surface area contributed by atoms with Crippen LogP contribution in [0.3, 0.4) is 0 Å². The highest BCUT2D eigenvalue weighted by Crippen LogP contribution is 2.33. The Morgan fingerprint density at radius 1 is 1.10 bits per heavy atom. The summed E-state index contributed by atoms with van der Waals surface area (Å²) in [5.41, 5.74) is 3.31. The first kappa shape index (κ1) is 21.1. The maximum atomic E-state index is 12.6. The number of sulfone groups is 1. The smallest absolute Gasteiger partial charge is 0.255 e. The fraction of sp³-hybridized carbons (Fsp3) is 0.130. The molecule has 0 bridgehead atoms. The van der Waals surface area contributed by atoms with Crippen molar-refractivity contribution in [2.24, 2.45) is 0 Å². The quantitative estimate of drug-likeness (QED) is 0.430. The summed E-state index contributed by atoms with van der Waals surface area (Å²) in [6.45, 7) is 3.46. The first-order valence-corrected chi connectivity index (χ1v) is 11.6. The number of benzene rings is 3. The molecule has 0 spiro atoms. The minimum Gasteiger partial charge on any atom is -0.436 e. The fourth-order valence-corrected chi connectivity index (χ4v) is 4.27. The molecule has 0 atom stereocenters. The van der Waals surface area contributed by atoms with Crippen molar-refractivity contribution in [1.29, 1.82) is 0 Å². The molecule has 1 amide bonds. The van der Waals surface area contributed by atoms with Gasteiger partial charge in [0.2, 0.25) is 5.89 Å². The van der Waals surface area contributed by atoms with Crippen LogP contribution in [0, 0.1) is 6.92 Å². The van der Waals surface area contributed by atoms with Crippen LogP contribution in [-0.4, -0.2) is 25.1 Å². The molecule has 8 heteroatoms. The van der Waals surface area contributed by atoms with Gasteiger partial charge < -0.3 is 9.73 Å². The molecule has 4 rings (SSSR count). The van der Waals surface area contributed by atoms with Crippen LogP contribution in [0.15, 0.2) is 70.0 Å². The Hall–Kier alpha value is -3.16. The minimum atomic E-state index is -3.36. The van der Waals surface area contributed by atoms with Crippen molar-refractivity contribution in [3.8, 4) is 11.5 Å². The molecule has 0 aliphatic rings. The number of nitrogens with zero attached hydrogens (tertiary/aromatic N) is 1. The highest BCUT2D eigenvalue weighted by molar-refractivity contribution is 7.91. The van der Waals surface area contributed by atoms with Crippen molar-refractivity contribution in [3.05, 3.63) is 76.8 Å². The van der Waals surface area contributed by atoms with Crippen LogP contribution in [0.25, 0.3) is 22.6 Å². The summed E-state index contributed by atoms with van der Waals surface area (Å²) < 4.78 is 30.1. The number of carbonyl (C=O) groups is 1. The van der Waals surface area contributed by atoms with E-state index in [1.807, 2.05) is 19.1 Å². The Bertz CT molecular complexity index is 1410. The molecule has 1 heterocycles. The molecule has 6 nitrogen and oxygen atoms in total. The Morgan fingerprint density at radius 2 is 1.87 bits per heavy atom. The molecule has 0 fully saturated rings. The molecule has 1 N–H and O–H groups in total. The van der Waals surface area contributed by atoms with Crippen molar-refractivity contribution >= 4 is 44.1 Å². The Kier molecular flexibility index (Phi) is 5.56. The predicted octanol–water partition coefficient (Wildman–Crippen LogP) is 5.50. The van der Waals surface area contributed by atoms with Gasteiger partial charge in [-0.3, -0.25) is 4.79 Å². The van der Waals surface area contributed by atoms with E-state index in [1.54, 1.807) is 43.3 Å². The molecular weight excluding hydrogens is 436 g/mol. The van der Waals surface area contributed by atoms with Gasteiger partial charge in [0, 0.05) is 11.3 Å². The zero-order chi connectivity index (χ0) is 22.2. The molecule has 0 aliphatic heterocycles. The summed E-state index contributed by atoms with van der Waals surface area (Å²) in [5.74, 6) is -0.00565. The standard InChI is InChI=1S/C23H19ClN2O4S/c1-3-31(28,29)16-9-11-21-20(13-16)26-23(30-21)18-12-15(8-10-19(18)24)25-22(27)17-7-5-4-6-14(17)2/h4-13H,3H2,1-2H3,(H,25,27). The normalized spacial score (nSPS) is 11.6. The molecule has 4 aromatic rings. The number of amides is 1. The maximum absolute atomic E-state index is 12.6. The second-order valence-corrected chi connectivity index (χ2v) is 9.70. The topological polar surface area (TPSA) is 89.3 Å². The molecule has 3 aromatic carbocycles. The van der Waals surface area contributed by atoms with E-state index in [2.05, 4.69) is 10.3 Å². The minimum absolute atomic E-state index is 0.00231. The first-order valence-electron chi connectivity index (χ1n) is 9.59. The van der Waals surface area contributed by atoms with Gasteiger partial charge in [-0.2, -0.15) is 0 Å². The highest BCUT2D eigenvalue weighted by atomic mass is 35.5. The average Bonchev–Trinajstić information content (AvgIpc) is 3.18. The molecule has 0 saturated carbocycles. The fourth-order valence-electron chi connectivity index (χ4n) is 3.18. The van der Waals surface area contributed by atoms with Gasteiger partial charge in [0.15, 0.2) is 15.4 Å². The molecule has 0 saturated heterocycles.